The molecule has 0 radical (unpaired) electrons. The lowest BCUT2D eigenvalue weighted by molar-refractivity contribution is -0.113. The molecule has 154 valence electrons. The Bertz CT molecular complexity index is 955. The van der Waals surface area contributed by atoms with E-state index < -0.39 is 0 Å². The molecule has 3 aromatic rings. The first kappa shape index (κ1) is 21.1. The minimum atomic E-state index is -0.294. The quantitative estimate of drug-likeness (QED) is 0.511. The Morgan fingerprint density at radius 3 is 2.62 bits per heavy atom. The van der Waals surface area contributed by atoms with E-state index in [2.05, 4.69) is 20.5 Å². The molecular formula is C19H23N5O3S2. The van der Waals surface area contributed by atoms with Crippen molar-refractivity contribution >= 4 is 34.1 Å². The van der Waals surface area contributed by atoms with E-state index in [0.717, 1.165) is 17.2 Å². The Hall–Kier alpha value is -2.59. The number of methoxy groups -OCH3 is 1. The average Bonchev–Trinajstić information content (AvgIpc) is 3.32. The monoisotopic (exact) mass is 433 g/mol. The molecule has 8 nitrogen and oxygen atoms in total. The van der Waals surface area contributed by atoms with E-state index >= 15 is 0 Å². The number of aromatic nitrogens is 4. The maximum atomic E-state index is 12.2. The normalized spacial score (nSPS) is 11.9. The van der Waals surface area contributed by atoms with Gasteiger partial charge in [-0.25, -0.2) is 4.98 Å². The van der Waals surface area contributed by atoms with Gasteiger partial charge in [-0.3, -0.25) is 4.79 Å². The molecule has 29 heavy (non-hydrogen) atoms. The zero-order chi connectivity index (χ0) is 20.8. The molecule has 0 bridgehead atoms. The largest absolute Gasteiger partial charge is 0.497 e. The maximum absolute atomic E-state index is 12.2. The maximum Gasteiger partial charge on any atom is 0.236 e. The second-order valence-electron chi connectivity index (χ2n) is 6.15. The predicted octanol–water partition coefficient (Wildman–Crippen LogP) is 3.94. The van der Waals surface area contributed by atoms with Crippen LogP contribution in [0.15, 0.2) is 34.8 Å². The summed E-state index contributed by atoms with van der Waals surface area (Å²) in [5, 5.41) is 14.5. The number of ether oxygens (including phenoxy) is 2. The van der Waals surface area contributed by atoms with Gasteiger partial charge < -0.3 is 19.4 Å². The zero-order valence-corrected chi connectivity index (χ0v) is 18.3. The van der Waals surface area contributed by atoms with Crippen LogP contribution in [0, 0.1) is 6.92 Å². The van der Waals surface area contributed by atoms with Gasteiger partial charge in [-0.2, -0.15) is 0 Å². The van der Waals surface area contributed by atoms with Crippen LogP contribution in [0.1, 0.15) is 31.5 Å². The van der Waals surface area contributed by atoms with E-state index in [-0.39, 0.29) is 17.8 Å². The van der Waals surface area contributed by atoms with Crippen molar-refractivity contribution in [1.29, 1.82) is 0 Å². The first-order valence-corrected chi connectivity index (χ1v) is 10.9. The first-order valence-electron chi connectivity index (χ1n) is 9.08. The van der Waals surface area contributed by atoms with Crippen LogP contribution in [0.25, 0.3) is 0 Å². The lowest BCUT2D eigenvalue weighted by Crippen LogP contribution is -2.15. The number of carbonyl (C=O) groups excluding carboxylic acids is 1. The summed E-state index contributed by atoms with van der Waals surface area (Å²) in [4.78, 5) is 16.4. The second kappa shape index (κ2) is 9.75. The number of hydrogen-bond donors (Lipinski definition) is 1. The van der Waals surface area contributed by atoms with E-state index in [4.69, 9.17) is 9.47 Å². The summed E-state index contributed by atoms with van der Waals surface area (Å²) in [5.74, 6) is 2.30. The minimum Gasteiger partial charge on any atom is -0.497 e. The number of benzene rings is 1. The van der Waals surface area contributed by atoms with Crippen LogP contribution in [0.2, 0.25) is 0 Å². The summed E-state index contributed by atoms with van der Waals surface area (Å²) in [6.07, 6.45) is -0.294. The van der Waals surface area contributed by atoms with Crippen LogP contribution in [-0.4, -0.2) is 38.5 Å². The van der Waals surface area contributed by atoms with Crippen LogP contribution in [-0.2, 0) is 11.3 Å². The molecule has 1 aromatic carbocycles. The lowest BCUT2D eigenvalue weighted by atomic mass is 10.3. The number of aryl methyl sites for hydroxylation is 1. The van der Waals surface area contributed by atoms with Crippen molar-refractivity contribution in [2.75, 3.05) is 18.2 Å². The van der Waals surface area contributed by atoms with E-state index in [0.29, 0.717) is 22.7 Å². The SMILES string of the molecule is CCn1c(SCC(=O)Nc2nc(C)cs2)nnc1C(C)Oc1ccc(OC)cc1. The highest BCUT2D eigenvalue weighted by atomic mass is 32.2. The number of anilines is 1. The van der Waals surface area contributed by atoms with Gasteiger partial charge in [0.2, 0.25) is 5.91 Å². The molecule has 1 unspecified atom stereocenters. The smallest absolute Gasteiger partial charge is 0.236 e. The topological polar surface area (TPSA) is 91.2 Å². The first-order chi connectivity index (χ1) is 14.0. The summed E-state index contributed by atoms with van der Waals surface area (Å²) in [6, 6.07) is 7.39. The van der Waals surface area contributed by atoms with Gasteiger partial charge in [-0.1, -0.05) is 11.8 Å². The summed E-state index contributed by atoms with van der Waals surface area (Å²) >= 11 is 2.75. The third kappa shape index (κ3) is 5.48. The van der Waals surface area contributed by atoms with Crippen molar-refractivity contribution in [3.05, 3.63) is 41.2 Å². The number of carbonyl (C=O) groups is 1. The van der Waals surface area contributed by atoms with Crippen molar-refractivity contribution in [2.24, 2.45) is 0 Å². The molecule has 1 atom stereocenters. The number of nitrogens with one attached hydrogen (secondary N) is 1. The van der Waals surface area contributed by atoms with Gasteiger partial charge in [-0.05, 0) is 45.0 Å². The van der Waals surface area contributed by atoms with Gasteiger partial charge in [0, 0.05) is 11.9 Å². The van der Waals surface area contributed by atoms with Gasteiger partial charge in [-0.15, -0.1) is 21.5 Å². The van der Waals surface area contributed by atoms with Crippen molar-refractivity contribution in [2.45, 2.75) is 38.6 Å². The Labute approximate surface area is 177 Å². The van der Waals surface area contributed by atoms with E-state index in [9.17, 15) is 4.79 Å². The zero-order valence-electron chi connectivity index (χ0n) is 16.7. The number of thiazole rings is 1. The Morgan fingerprint density at radius 2 is 2.00 bits per heavy atom. The highest BCUT2D eigenvalue weighted by molar-refractivity contribution is 7.99. The standard InChI is InChI=1S/C19H23N5O3S2/c1-5-24-17(13(3)27-15-8-6-14(26-4)7-9-15)22-23-19(24)29-11-16(25)21-18-20-12(2)10-28-18/h6-10,13H,5,11H2,1-4H3,(H,20,21,25). The second-order valence-corrected chi connectivity index (χ2v) is 7.95. The van der Waals surface area contributed by atoms with E-state index in [1.165, 1.54) is 23.1 Å². The summed E-state index contributed by atoms with van der Waals surface area (Å²) < 4.78 is 13.1. The van der Waals surface area contributed by atoms with Gasteiger partial charge >= 0.3 is 0 Å². The fourth-order valence-corrected chi connectivity index (χ4v) is 4.13. The number of hydrogen-bond acceptors (Lipinski definition) is 8. The van der Waals surface area contributed by atoms with Crippen LogP contribution in [0.5, 0.6) is 11.5 Å². The molecule has 0 aliphatic rings. The van der Waals surface area contributed by atoms with Gasteiger partial charge in [0.15, 0.2) is 22.2 Å². The Kier molecular flexibility index (Phi) is 7.10. The predicted molar refractivity (Wildman–Crippen MR) is 114 cm³/mol. The molecule has 0 aliphatic heterocycles. The molecule has 0 saturated heterocycles. The molecule has 10 heteroatoms. The van der Waals surface area contributed by atoms with Crippen molar-refractivity contribution in [3.63, 3.8) is 0 Å². The number of rotatable bonds is 9. The molecular weight excluding hydrogens is 410 g/mol. The van der Waals surface area contributed by atoms with Crippen LogP contribution >= 0.6 is 23.1 Å². The highest BCUT2D eigenvalue weighted by Gasteiger charge is 2.19. The summed E-state index contributed by atoms with van der Waals surface area (Å²) in [6.45, 7) is 6.50. The molecule has 0 fully saturated rings. The lowest BCUT2D eigenvalue weighted by Gasteiger charge is -2.15. The molecule has 1 N–H and O–H groups in total. The number of thioether (sulfide) groups is 1. The van der Waals surface area contributed by atoms with Gasteiger partial charge in [0.1, 0.15) is 11.5 Å². The van der Waals surface area contributed by atoms with Crippen LogP contribution in [0.3, 0.4) is 0 Å². The average molecular weight is 434 g/mol. The van der Waals surface area contributed by atoms with E-state index in [1.54, 1.807) is 7.11 Å². The highest BCUT2D eigenvalue weighted by Crippen LogP contribution is 2.26. The van der Waals surface area contributed by atoms with Crippen LogP contribution in [0.4, 0.5) is 5.13 Å². The van der Waals surface area contributed by atoms with Crippen molar-refractivity contribution in [3.8, 4) is 11.5 Å². The molecule has 1 amide bonds. The molecule has 2 aromatic heterocycles. The number of amides is 1. The Morgan fingerprint density at radius 1 is 1.28 bits per heavy atom. The third-order valence-corrected chi connectivity index (χ3v) is 5.84. The molecule has 0 aliphatic carbocycles. The molecule has 0 spiro atoms. The molecule has 0 saturated carbocycles. The fraction of sp³-hybridized carbons (Fsp3) is 0.368. The third-order valence-electron chi connectivity index (χ3n) is 4.00. The molecule has 2 heterocycles. The Balaban J connectivity index is 1.61. The van der Waals surface area contributed by atoms with Crippen LogP contribution < -0.4 is 14.8 Å². The minimum absolute atomic E-state index is 0.126. The summed E-state index contributed by atoms with van der Waals surface area (Å²) in [5.41, 5.74) is 0.888. The van der Waals surface area contributed by atoms with Gasteiger partial charge in [0.05, 0.1) is 18.6 Å². The van der Waals surface area contributed by atoms with Crippen molar-refractivity contribution in [1.82, 2.24) is 19.7 Å². The number of nitrogens with zero attached hydrogens (tertiary/aromatic N) is 4. The fourth-order valence-electron chi connectivity index (χ4n) is 2.61. The van der Waals surface area contributed by atoms with Crippen molar-refractivity contribution < 1.29 is 14.3 Å². The van der Waals surface area contributed by atoms with E-state index in [1.807, 2.05) is 55.0 Å². The summed E-state index contributed by atoms with van der Waals surface area (Å²) in [7, 11) is 1.62. The molecule has 3 rings (SSSR count). The van der Waals surface area contributed by atoms with Gasteiger partial charge in [0.25, 0.3) is 0 Å².